The van der Waals surface area contributed by atoms with E-state index in [-0.39, 0.29) is 5.56 Å². The van der Waals surface area contributed by atoms with Crippen molar-refractivity contribution in [1.29, 1.82) is 0 Å². The summed E-state index contributed by atoms with van der Waals surface area (Å²) in [6.45, 7) is 0.573. The van der Waals surface area contributed by atoms with Gasteiger partial charge in [-0.05, 0) is 12.1 Å². The second-order valence-corrected chi connectivity index (χ2v) is 6.40. The van der Waals surface area contributed by atoms with E-state index in [0.29, 0.717) is 12.1 Å². The standard InChI is InChI=1S/C21H16N5O/c27-21-18(17-11-24-19-6-2-1-5-16(17)19)13-25(12-15-9-22-14-23-10-15)20-7-3-4-8-26(20)21/h1-11,13-14,24H,12H2/q+1. The highest BCUT2D eigenvalue weighted by atomic mass is 16.1. The van der Waals surface area contributed by atoms with E-state index in [0.717, 1.165) is 27.7 Å². The lowest BCUT2D eigenvalue weighted by molar-refractivity contribution is -0.665. The van der Waals surface area contributed by atoms with E-state index in [1.165, 1.54) is 6.33 Å². The lowest BCUT2D eigenvalue weighted by Crippen LogP contribution is -2.40. The molecule has 0 fully saturated rings. The van der Waals surface area contributed by atoms with Crippen molar-refractivity contribution < 1.29 is 4.57 Å². The number of fused-ring (bicyclic) bond motifs is 2. The number of para-hydroxylation sites is 1. The second kappa shape index (κ2) is 6.17. The molecule has 5 rings (SSSR count). The predicted octanol–water partition coefficient (Wildman–Crippen LogP) is 2.57. The van der Waals surface area contributed by atoms with Gasteiger partial charge in [-0.2, -0.15) is 4.40 Å². The van der Waals surface area contributed by atoms with Crippen LogP contribution in [0.1, 0.15) is 5.56 Å². The number of nitrogens with zero attached hydrogens (tertiary/aromatic N) is 4. The van der Waals surface area contributed by atoms with E-state index < -0.39 is 0 Å². The number of H-pyrrole nitrogens is 1. The zero-order valence-electron chi connectivity index (χ0n) is 14.4. The number of rotatable bonds is 3. The third kappa shape index (κ3) is 2.58. The topological polar surface area (TPSA) is 66.9 Å². The summed E-state index contributed by atoms with van der Waals surface area (Å²) in [5.74, 6) is 0. The predicted molar refractivity (Wildman–Crippen MR) is 102 cm³/mol. The number of nitrogens with one attached hydrogen (secondary N) is 1. The third-order valence-corrected chi connectivity index (χ3v) is 4.71. The Morgan fingerprint density at radius 2 is 1.81 bits per heavy atom. The minimum atomic E-state index is -0.0454. The molecule has 0 saturated heterocycles. The molecular formula is C21H16N5O+. The number of aromatic nitrogens is 5. The Kier molecular flexibility index (Phi) is 3.53. The van der Waals surface area contributed by atoms with Gasteiger partial charge in [0.2, 0.25) is 0 Å². The molecule has 27 heavy (non-hydrogen) atoms. The Morgan fingerprint density at radius 1 is 1.00 bits per heavy atom. The summed E-state index contributed by atoms with van der Waals surface area (Å²) < 4.78 is 3.73. The average Bonchev–Trinajstić information content (AvgIpc) is 3.15. The first-order valence-corrected chi connectivity index (χ1v) is 8.65. The van der Waals surface area contributed by atoms with Gasteiger partial charge in [-0.25, -0.2) is 19.3 Å². The Balaban J connectivity index is 1.78. The molecule has 5 aromatic rings. The van der Waals surface area contributed by atoms with E-state index >= 15 is 0 Å². The zero-order valence-corrected chi connectivity index (χ0v) is 14.4. The van der Waals surface area contributed by atoms with Crippen molar-refractivity contribution in [3.8, 4) is 11.1 Å². The van der Waals surface area contributed by atoms with Crippen molar-refractivity contribution in [1.82, 2.24) is 19.4 Å². The fourth-order valence-corrected chi connectivity index (χ4v) is 3.46. The van der Waals surface area contributed by atoms with Crippen LogP contribution in [0, 0.1) is 0 Å². The van der Waals surface area contributed by atoms with E-state index in [2.05, 4.69) is 19.5 Å². The van der Waals surface area contributed by atoms with Crippen LogP contribution in [0.4, 0.5) is 0 Å². The summed E-state index contributed by atoms with van der Waals surface area (Å²) in [5.41, 5.74) is 4.29. The molecule has 0 aliphatic heterocycles. The third-order valence-electron chi connectivity index (χ3n) is 4.71. The lowest BCUT2D eigenvalue weighted by atomic mass is 10.1. The van der Waals surface area contributed by atoms with Gasteiger partial charge in [0.1, 0.15) is 24.6 Å². The van der Waals surface area contributed by atoms with Gasteiger partial charge in [-0.15, -0.1) is 0 Å². The van der Waals surface area contributed by atoms with Crippen LogP contribution in [-0.4, -0.2) is 19.4 Å². The van der Waals surface area contributed by atoms with E-state index in [4.69, 9.17) is 0 Å². The maximum absolute atomic E-state index is 13.2. The fraction of sp³-hybridized carbons (Fsp3) is 0.0476. The molecule has 0 radical (unpaired) electrons. The highest BCUT2D eigenvalue weighted by molar-refractivity contribution is 5.95. The van der Waals surface area contributed by atoms with Gasteiger partial charge >= 0.3 is 5.56 Å². The van der Waals surface area contributed by atoms with Crippen LogP contribution in [0.25, 0.3) is 27.7 Å². The van der Waals surface area contributed by atoms with Crippen LogP contribution in [0.2, 0.25) is 0 Å². The molecule has 4 heterocycles. The average molecular weight is 354 g/mol. The van der Waals surface area contributed by atoms with Crippen molar-refractivity contribution in [2.45, 2.75) is 6.54 Å². The van der Waals surface area contributed by atoms with Gasteiger partial charge in [-0.3, -0.25) is 0 Å². The molecule has 0 aliphatic rings. The van der Waals surface area contributed by atoms with Crippen LogP contribution in [0.3, 0.4) is 0 Å². The minimum absolute atomic E-state index is 0.0454. The molecule has 6 nitrogen and oxygen atoms in total. The first-order valence-electron chi connectivity index (χ1n) is 8.65. The van der Waals surface area contributed by atoms with Crippen molar-refractivity contribution in [3.05, 3.63) is 95.7 Å². The largest absolute Gasteiger partial charge is 0.361 e. The number of pyridine rings is 1. The molecule has 6 heteroatoms. The molecule has 0 aliphatic carbocycles. The molecule has 1 aromatic carbocycles. The highest BCUT2D eigenvalue weighted by Crippen LogP contribution is 2.25. The SMILES string of the molecule is O=c1c(-c2c[nH]c3ccccc23)c[n+](Cc2cncnc2)c2ccccn12. The van der Waals surface area contributed by atoms with Gasteiger partial charge in [0, 0.05) is 46.7 Å². The molecule has 0 spiro atoms. The molecular weight excluding hydrogens is 338 g/mol. The van der Waals surface area contributed by atoms with Crippen molar-refractivity contribution in [3.63, 3.8) is 0 Å². The monoisotopic (exact) mass is 354 g/mol. The number of aromatic amines is 1. The van der Waals surface area contributed by atoms with Gasteiger partial charge in [-0.1, -0.05) is 24.3 Å². The zero-order chi connectivity index (χ0) is 18.2. The number of hydrogen-bond acceptors (Lipinski definition) is 3. The van der Waals surface area contributed by atoms with Gasteiger partial charge < -0.3 is 4.98 Å². The maximum atomic E-state index is 13.2. The van der Waals surface area contributed by atoms with Gasteiger partial charge in [0.25, 0.3) is 5.65 Å². The highest BCUT2D eigenvalue weighted by Gasteiger charge is 2.19. The van der Waals surface area contributed by atoms with Gasteiger partial charge in [0.05, 0.1) is 6.20 Å². The van der Waals surface area contributed by atoms with Crippen LogP contribution >= 0.6 is 0 Å². The Bertz CT molecular complexity index is 1320. The lowest BCUT2D eigenvalue weighted by Gasteiger charge is -2.06. The van der Waals surface area contributed by atoms with Crippen LogP contribution in [-0.2, 0) is 6.54 Å². The molecule has 130 valence electrons. The quantitative estimate of drug-likeness (QED) is 0.507. The molecule has 1 N–H and O–H groups in total. The first kappa shape index (κ1) is 15.5. The number of benzene rings is 1. The Hall–Kier alpha value is -3.80. The smallest absolute Gasteiger partial charge is 0.350 e. The molecule has 0 amide bonds. The molecule has 0 saturated carbocycles. The first-order chi connectivity index (χ1) is 13.3. The summed E-state index contributed by atoms with van der Waals surface area (Å²) in [6.07, 6.45) is 10.7. The number of hydrogen-bond donors (Lipinski definition) is 1. The summed E-state index contributed by atoms with van der Waals surface area (Å²) in [6, 6.07) is 13.7. The molecule has 0 atom stereocenters. The Morgan fingerprint density at radius 3 is 2.70 bits per heavy atom. The summed E-state index contributed by atoms with van der Waals surface area (Å²) >= 11 is 0. The normalized spacial score (nSPS) is 11.3. The summed E-state index contributed by atoms with van der Waals surface area (Å²) in [5, 5.41) is 1.03. The van der Waals surface area contributed by atoms with Crippen molar-refractivity contribution in [2.24, 2.45) is 0 Å². The van der Waals surface area contributed by atoms with Crippen LogP contribution in [0.5, 0.6) is 0 Å². The minimum Gasteiger partial charge on any atom is -0.361 e. The second-order valence-electron chi connectivity index (χ2n) is 6.40. The fourth-order valence-electron chi connectivity index (χ4n) is 3.46. The van der Waals surface area contributed by atoms with E-state index in [1.807, 2.05) is 54.9 Å². The molecule has 4 aromatic heterocycles. The molecule has 0 bridgehead atoms. The van der Waals surface area contributed by atoms with E-state index in [1.54, 1.807) is 23.0 Å². The summed E-state index contributed by atoms with van der Waals surface area (Å²) in [4.78, 5) is 24.6. The van der Waals surface area contributed by atoms with Crippen LogP contribution < -0.4 is 10.1 Å². The van der Waals surface area contributed by atoms with E-state index in [9.17, 15) is 4.79 Å². The Labute approximate surface area is 154 Å². The van der Waals surface area contributed by atoms with Crippen molar-refractivity contribution >= 4 is 16.6 Å². The van der Waals surface area contributed by atoms with Crippen molar-refractivity contribution in [2.75, 3.05) is 0 Å². The molecule has 0 unspecified atom stereocenters. The maximum Gasteiger partial charge on any atom is 0.350 e. The van der Waals surface area contributed by atoms with Gasteiger partial charge in [0.15, 0.2) is 0 Å². The van der Waals surface area contributed by atoms with Crippen LogP contribution in [0.15, 0.2) is 84.6 Å². The summed E-state index contributed by atoms with van der Waals surface area (Å²) in [7, 11) is 0.